The third-order valence-corrected chi connectivity index (χ3v) is 3.02. The molecule has 1 aromatic carbocycles. The Hall–Kier alpha value is -1.78. The van der Waals surface area contributed by atoms with Crippen molar-refractivity contribution in [1.29, 1.82) is 0 Å². The van der Waals surface area contributed by atoms with Crippen LogP contribution in [0.25, 0.3) is 0 Å². The number of hydrogen-bond acceptors (Lipinski definition) is 4. The zero-order valence-electron chi connectivity index (χ0n) is 10.4. The van der Waals surface area contributed by atoms with Gasteiger partial charge < -0.3 is 10.4 Å². The molecule has 0 aliphatic heterocycles. The molecule has 4 nitrogen and oxygen atoms in total. The summed E-state index contributed by atoms with van der Waals surface area (Å²) in [6.45, 7) is 2.63. The topological polar surface area (TPSA) is 58.0 Å². The molecule has 0 fully saturated rings. The van der Waals surface area contributed by atoms with Crippen molar-refractivity contribution in [3.63, 3.8) is 0 Å². The lowest BCUT2D eigenvalue weighted by Crippen LogP contribution is -2.42. The minimum absolute atomic E-state index is 0.0324. The van der Waals surface area contributed by atoms with E-state index in [9.17, 15) is 5.11 Å². The zero-order valence-corrected chi connectivity index (χ0v) is 10.4. The second-order valence-electron chi connectivity index (χ2n) is 4.46. The highest BCUT2D eigenvalue weighted by Crippen LogP contribution is 2.20. The SMILES string of the molecule is CC(CO)(NCc1cncnc1)c1ccccc1. The Balaban J connectivity index is 2.10. The lowest BCUT2D eigenvalue weighted by Gasteiger charge is -2.29. The first kappa shape index (κ1) is 12.7. The first-order valence-electron chi connectivity index (χ1n) is 5.90. The minimum Gasteiger partial charge on any atom is -0.394 e. The average molecular weight is 243 g/mol. The van der Waals surface area contributed by atoms with Crippen molar-refractivity contribution in [2.24, 2.45) is 0 Å². The highest BCUT2D eigenvalue weighted by molar-refractivity contribution is 5.24. The standard InChI is InChI=1S/C14H17N3O/c1-14(10-18,13-5-3-2-4-6-13)17-9-12-7-15-11-16-8-12/h2-8,11,17-18H,9-10H2,1H3. The van der Waals surface area contributed by atoms with Crippen LogP contribution >= 0.6 is 0 Å². The van der Waals surface area contributed by atoms with E-state index in [-0.39, 0.29) is 6.61 Å². The van der Waals surface area contributed by atoms with Crippen molar-refractivity contribution >= 4 is 0 Å². The zero-order chi connectivity index (χ0) is 12.8. The van der Waals surface area contributed by atoms with Crippen molar-refractivity contribution in [2.75, 3.05) is 6.61 Å². The molecule has 0 spiro atoms. The third kappa shape index (κ3) is 2.91. The predicted molar refractivity (Wildman–Crippen MR) is 69.8 cm³/mol. The van der Waals surface area contributed by atoms with Crippen LogP contribution < -0.4 is 5.32 Å². The van der Waals surface area contributed by atoms with Gasteiger partial charge in [-0.2, -0.15) is 0 Å². The van der Waals surface area contributed by atoms with Gasteiger partial charge in [-0.05, 0) is 12.5 Å². The van der Waals surface area contributed by atoms with Crippen molar-refractivity contribution in [1.82, 2.24) is 15.3 Å². The molecular formula is C14H17N3O. The quantitative estimate of drug-likeness (QED) is 0.835. The van der Waals surface area contributed by atoms with Gasteiger partial charge in [0.25, 0.3) is 0 Å². The molecule has 1 unspecified atom stereocenters. The number of hydrogen-bond donors (Lipinski definition) is 2. The number of aliphatic hydroxyl groups excluding tert-OH is 1. The fourth-order valence-electron chi connectivity index (χ4n) is 1.77. The highest BCUT2D eigenvalue weighted by Gasteiger charge is 2.24. The molecule has 18 heavy (non-hydrogen) atoms. The highest BCUT2D eigenvalue weighted by atomic mass is 16.3. The summed E-state index contributed by atoms with van der Waals surface area (Å²) in [6, 6.07) is 9.91. The molecule has 0 radical (unpaired) electrons. The normalized spacial score (nSPS) is 14.1. The van der Waals surface area contributed by atoms with Crippen LogP contribution in [0.1, 0.15) is 18.1 Å². The third-order valence-electron chi connectivity index (χ3n) is 3.02. The van der Waals surface area contributed by atoms with E-state index in [0.717, 1.165) is 11.1 Å². The Labute approximate surface area is 107 Å². The van der Waals surface area contributed by atoms with Crippen LogP contribution in [-0.4, -0.2) is 21.7 Å². The maximum Gasteiger partial charge on any atom is 0.115 e. The first-order valence-corrected chi connectivity index (χ1v) is 5.90. The number of nitrogens with one attached hydrogen (secondary N) is 1. The van der Waals surface area contributed by atoms with Crippen molar-refractivity contribution in [3.05, 3.63) is 60.2 Å². The fraction of sp³-hybridized carbons (Fsp3) is 0.286. The summed E-state index contributed by atoms with van der Waals surface area (Å²) in [4.78, 5) is 7.94. The Morgan fingerprint density at radius 1 is 1.17 bits per heavy atom. The molecule has 0 amide bonds. The first-order chi connectivity index (χ1) is 8.74. The smallest absolute Gasteiger partial charge is 0.115 e. The number of aromatic nitrogens is 2. The van der Waals surface area contributed by atoms with E-state index in [1.807, 2.05) is 37.3 Å². The van der Waals surface area contributed by atoms with E-state index in [4.69, 9.17) is 0 Å². The van der Waals surface area contributed by atoms with Crippen LogP contribution in [0.3, 0.4) is 0 Å². The summed E-state index contributed by atoms with van der Waals surface area (Å²) in [5.41, 5.74) is 1.59. The van der Waals surface area contributed by atoms with Gasteiger partial charge in [-0.25, -0.2) is 9.97 Å². The van der Waals surface area contributed by atoms with Gasteiger partial charge >= 0.3 is 0 Å². The molecule has 2 aromatic rings. The van der Waals surface area contributed by atoms with E-state index < -0.39 is 5.54 Å². The minimum atomic E-state index is -0.461. The lowest BCUT2D eigenvalue weighted by atomic mass is 9.93. The van der Waals surface area contributed by atoms with Crippen molar-refractivity contribution in [3.8, 4) is 0 Å². The monoisotopic (exact) mass is 243 g/mol. The lowest BCUT2D eigenvalue weighted by molar-refractivity contribution is 0.173. The number of rotatable bonds is 5. The molecule has 2 N–H and O–H groups in total. The van der Waals surface area contributed by atoms with Crippen LogP contribution in [0.15, 0.2) is 49.1 Å². The van der Waals surface area contributed by atoms with Gasteiger partial charge in [0.15, 0.2) is 0 Å². The van der Waals surface area contributed by atoms with E-state index in [1.54, 1.807) is 12.4 Å². The van der Waals surface area contributed by atoms with Crippen molar-refractivity contribution in [2.45, 2.75) is 19.0 Å². The van der Waals surface area contributed by atoms with E-state index >= 15 is 0 Å². The summed E-state index contributed by atoms with van der Waals surface area (Å²) in [7, 11) is 0. The van der Waals surface area contributed by atoms with Gasteiger partial charge in [0.05, 0.1) is 12.1 Å². The molecule has 4 heteroatoms. The summed E-state index contributed by atoms with van der Waals surface area (Å²) in [6.07, 6.45) is 5.04. The Morgan fingerprint density at radius 2 is 1.83 bits per heavy atom. The van der Waals surface area contributed by atoms with Gasteiger partial charge in [-0.3, -0.25) is 0 Å². The van der Waals surface area contributed by atoms with Gasteiger partial charge in [0.1, 0.15) is 6.33 Å². The van der Waals surface area contributed by atoms with Crippen LogP contribution in [0.2, 0.25) is 0 Å². The molecule has 0 aliphatic carbocycles. The second kappa shape index (κ2) is 5.71. The molecule has 0 saturated carbocycles. The van der Waals surface area contributed by atoms with Crippen molar-refractivity contribution < 1.29 is 5.11 Å². The van der Waals surface area contributed by atoms with E-state index in [2.05, 4.69) is 15.3 Å². The van der Waals surface area contributed by atoms with Crippen LogP contribution in [0.5, 0.6) is 0 Å². The molecule has 2 rings (SSSR count). The number of benzene rings is 1. The molecular weight excluding hydrogens is 226 g/mol. The molecule has 94 valence electrons. The van der Waals surface area contributed by atoms with Crippen LogP contribution in [0.4, 0.5) is 0 Å². The van der Waals surface area contributed by atoms with E-state index in [1.165, 1.54) is 6.33 Å². The maximum absolute atomic E-state index is 9.62. The predicted octanol–water partition coefficient (Wildman–Crippen LogP) is 1.47. The maximum atomic E-state index is 9.62. The van der Waals surface area contributed by atoms with Crippen LogP contribution in [-0.2, 0) is 12.1 Å². The summed E-state index contributed by atoms with van der Waals surface area (Å²) >= 11 is 0. The van der Waals surface area contributed by atoms with Gasteiger partial charge in [-0.15, -0.1) is 0 Å². The van der Waals surface area contributed by atoms with Gasteiger partial charge in [-0.1, -0.05) is 30.3 Å². The summed E-state index contributed by atoms with van der Waals surface area (Å²) in [5.74, 6) is 0. The molecule has 0 aliphatic rings. The number of aliphatic hydroxyl groups is 1. The molecule has 0 saturated heterocycles. The summed E-state index contributed by atoms with van der Waals surface area (Å²) < 4.78 is 0. The Morgan fingerprint density at radius 3 is 2.44 bits per heavy atom. The average Bonchev–Trinajstić information content (AvgIpc) is 2.47. The Bertz CT molecular complexity index is 475. The summed E-state index contributed by atoms with van der Waals surface area (Å²) in [5, 5.41) is 13.0. The van der Waals surface area contributed by atoms with Gasteiger partial charge in [0.2, 0.25) is 0 Å². The largest absolute Gasteiger partial charge is 0.394 e. The Kier molecular flexibility index (Phi) is 4.02. The molecule has 1 heterocycles. The second-order valence-corrected chi connectivity index (χ2v) is 4.46. The van der Waals surface area contributed by atoms with Gasteiger partial charge in [0, 0.05) is 24.5 Å². The molecule has 0 bridgehead atoms. The molecule has 1 aromatic heterocycles. The van der Waals surface area contributed by atoms with Crippen LogP contribution in [0, 0.1) is 0 Å². The number of nitrogens with zero attached hydrogens (tertiary/aromatic N) is 2. The van der Waals surface area contributed by atoms with E-state index in [0.29, 0.717) is 6.54 Å². The fourth-order valence-corrected chi connectivity index (χ4v) is 1.77. The molecule has 1 atom stereocenters.